The van der Waals surface area contributed by atoms with Crippen LogP contribution >= 0.6 is 15.9 Å². The predicted octanol–water partition coefficient (Wildman–Crippen LogP) is 1.95. The van der Waals surface area contributed by atoms with E-state index in [-0.39, 0.29) is 6.10 Å². The van der Waals surface area contributed by atoms with E-state index in [4.69, 9.17) is 10.00 Å². The Kier molecular flexibility index (Phi) is 4.97. The van der Waals surface area contributed by atoms with Crippen LogP contribution in [0.5, 0.6) is 0 Å². The highest BCUT2D eigenvalue weighted by Gasteiger charge is 2.23. The van der Waals surface area contributed by atoms with Gasteiger partial charge in [-0.2, -0.15) is 10.4 Å². The standard InChI is InChI=1S/C13H19BrN4O/c1-3-11-13(14)12(18(4-2)16-11)9-17-5-6-19-10(7-15)8-17/h10H,3-6,8-9H2,1-2H3. The molecule has 1 atom stereocenters. The van der Waals surface area contributed by atoms with E-state index in [1.165, 1.54) is 5.69 Å². The molecule has 1 saturated heterocycles. The van der Waals surface area contributed by atoms with Gasteiger partial charge in [-0.25, -0.2) is 0 Å². The molecule has 0 aliphatic carbocycles. The van der Waals surface area contributed by atoms with E-state index >= 15 is 0 Å². The molecule has 0 saturated carbocycles. The van der Waals surface area contributed by atoms with E-state index in [0.29, 0.717) is 13.2 Å². The lowest BCUT2D eigenvalue weighted by atomic mass is 10.2. The summed E-state index contributed by atoms with van der Waals surface area (Å²) in [4.78, 5) is 2.25. The second-order valence-corrected chi connectivity index (χ2v) is 5.39. The summed E-state index contributed by atoms with van der Waals surface area (Å²) in [5, 5.41) is 13.5. The molecule has 1 aliphatic rings. The lowest BCUT2D eigenvalue weighted by molar-refractivity contribution is -0.00365. The van der Waals surface area contributed by atoms with Gasteiger partial charge in [-0.1, -0.05) is 6.92 Å². The average Bonchev–Trinajstić information content (AvgIpc) is 2.75. The largest absolute Gasteiger partial charge is 0.361 e. The number of nitriles is 1. The van der Waals surface area contributed by atoms with Gasteiger partial charge in [0.05, 0.1) is 28.5 Å². The Morgan fingerprint density at radius 1 is 1.53 bits per heavy atom. The van der Waals surface area contributed by atoms with Crippen LogP contribution in [0, 0.1) is 11.3 Å². The fourth-order valence-corrected chi connectivity index (χ4v) is 2.99. The Morgan fingerprint density at radius 3 is 2.95 bits per heavy atom. The molecule has 1 fully saturated rings. The van der Waals surface area contributed by atoms with Crippen molar-refractivity contribution in [3.63, 3.8) is 0 Å². The second-order valence-electron chi connectivity index (χ2n) is 4.60. The number of ether oxygens (including phenoxy) is 1. The quantitative estimate of drug-likeness (QED) is 0.848. The van der Waals surface area contributed by atoms with E-state index in [1.807, 2.05) is 4.68 Å². The Labute approximate surface area is 122 Å². The molecule has 1 aliphatic heterocycles. The maximum absolute atomic E-state index is 8.94. The minimum atomic E-state index is -0.309. The minimum absolute atomic E-state index is 0.309. The molecule has 6 heteroatoms. The molecule has 0 amide bonds. The number of morpholine rings is 1. The molecule has 1 aromatic rings. The van der Waals surface area contributed by atoms with Crippen LogP contribution in [0.4, 0.5) is 0 Å². The third-order valence-electron chi connectivity index (χ3n) is 3.36. The molecular formula is C13H19BrN4O. The summed E-state index contributed by atoms with van der Waals surface area (Å²) < 4.78 is 8.52. The SMILES string of the molecule is CCc1nn(CC)c(CN2CCOC(C#N)C2)c1Br. The summed E-state index contributed by atoms with van der Waals surface area (Å²) in [5.74, 6) is 0. The fourth-order valence-electron chi connectivity index (χ4n) is 2.30. The summed E-state index contributed by atoms with van der Waals surface area (Å²) in [7, 11) is 0. The van der Waals surface area contributed by atoms with Crippen molar-refractivity contribution in [2.24, 2.45) is 0 Å². The summed E-state index contributed by atoms with van der Waals surface area (Å²) >= 11 is 3.66. The van der Waals surface area contributed by atoms with Gasteiger partial charge in [-0.05, 0) is 29.3 Å². The Hall–Kier alpha value is -0.900. The van der Waals surface area contributed by atoms with Crippen LogP contribution in [0.25, 0.3) is 0 Å². The number of hydrogen-bond acceptors (Lipinski definition) is 4. The van der Waals surface area contributed by atoms with Crippen molar-refractivity contribution in [2.75, 3.05) is 19.7 Å². The van der Waals surface area contributed by atoms with Gasteiger partial charge in [0.15, 0.2) is 6.10 Å². The number of halogens is 1. The van der Waals surface area contributed by atoms with Crippen molar-refractivity contribution >= 4 is 15.9 Å². The van der Waals surface area contributed by atoms with Crippen LogP contribution in [-0.2, 0) is 24.2 Å². The molecule has 0 aromatic carbocycles. The first kappa shape index (κ1) is 14.5. The topological polar surface area (TPSA) is 54.1 Å². The van der Waals surface area contributed by atoms with Crippen LogP contribution in [-0.4, -0.2) is 40.5 Å². The average molecular weight is 327 g/mol. The summed E-state index contributed by atoms with van der Waals surface area (Å²) in [6, 6.07) is 2.18. The zero-order valence-corrected chi connectivity index (χ0v) is 13.0. The summed E-state index contributed by atoms with van der Waals surface area (Å²) in [5.41, 5.74) is 2.29. The zero-order valence-electron chi connectivity index (χ0n) is 11.4. The number of rotatable bonds is 4. The maximum Gasteiger partial charge on any atom is 0.156 e. The van der Waals surface area contributed by atoms with Crippen molar-refractivity contribution < 1.29 is 4.74 Å². The highest BCUT2D eigenvalue weighted by molar-refractivity contribution is 9.10. The third-order valence-corrected chi connectivity index (χ3v) is 4.28. The van der Waals surface area contributed by atoms with Gasteiger partial charge in [0, 0.05) is 26.2 Å². The predicted molar refractivity (Wildman–Crippen MR) is 75.6 cm³/mol. The lowest BCUT2D eigenvalue weighted by Gasteiger charge is -2.29. The molecule has 0 radical (unpaired) electrons. The number of nitrogens with zero attached hydrogens (tertiary/aromatic N) is 4. The fraction of sp³-hybridized carbons (Fsp3) is 0.692. The van der Waals surface area contributed by atoms with Gasteiger partial charge in [-0.3, -0.25) is 9.58 Å². The highest BCUT2D eigenvalue weighted by atomic mass is 79.9. The molecule has 104 valence electrons. The molecule has 19 heavy (non-hydrogen) atoms. The molecule has 2 heterocycles. The number of aryl methyl sites for hydroxylation is 2. The second kappa shape index (κ2) is 6.51. The van der Waals surface area contributed by atoms with Gasteiger partial charge < -0.3 is 4.74 Å². The van der Waals surface area contributed by atoms with E-state index < -0.39 is 0 Å². The van der Waals surface area contributed by atoms with Gasteiger partial charge in [0.2, 0.25) is 0 Å². The van der Waals surface area contributed by atoms with Crippen LogP contribution in [0.1, 0.15) is 25.2 Å². The van der Waals surface area contributed by atoms with Gasteiger partial charge in [-0.15, -0.1) is 0 Å². The first-order valence-electron chi connectivity index (χ1n) is 6.67. The number of aromatic nitrogens is 2. The normalized spacial score (nSPS) is 20.4. The molecule has 0 bridgehead atoms. The summed E-state index contributed by atoms with van der Waals surface area (Å²) in [6.07, 6.45) is 0.612. The molecule has 0 spiro atoms. The molecule has 1 unspecified atom stereocenters. The highest BCUT2D eigenvalue weighted by Crippen LogP contribution is 2.24. The van der Waals surface area contributed by atoms with Crippen molar-refractivity contribution in [1.29, 1.82) is 5.26 Å². The Morgan fingerprint density at radius 2 is 2.32 bits per heavy atom. The van der Waals surface area contributed by atoms with Gasteiger partial charge >= 0.3 is 0 Å². The van der Waals surface area contributed by atoms with E-state index in [0.717, 1.165) is 36.2 Å². The van der Waals surface area contributed by atoms with E-state index in [9.17, 15) is 0 Å². The third kappa shape index (κ3) is 3.16. The lowest BCUT2D eigenvalue weighted by Crippen LogP contribution is -2.41. The minimum Gasteiger partial charge on any atom is -0.361 e. The van der Waals surface area contributed by atoms with Gasteiger partial charge in [0.1, 0.15) is 0 Å². The van der Waals surface area contributed by atoms with Crippen LogP contribution in [0.15, 0.2) is 4.47 Å². The maximum atomic E-state index is 8.94. The van der Waals surface area contributed by atoms with Crippen LogP contribution in [0.2, 0.25) is 0 Å². The van der Waals surface area contributed by atoms with E-state index in [1.54, 1.807) is 0 Å². The molecule has 5 nitrogen and oxygen atoms in total. The van der Waals surface area contributed by atoms with Crippen LogP contribution < -0.4 is 0 Å². The monoisotopic (exact) mass is 326 g/mol. The van der Waals surface area contributed by atoms with E-state index in [2.05, 4.69) is 45.8 Å². The molecular weight excluding hydrogens is 308 g/mol. The molecule has 2 rings (SSSR count). The first-order valence-corrected chi connectivity index (χ1v) is 7.46. The Bertz CT molecular complexity index is 480. The smallest absolute Gasteiger partial charge is 0.156 e. The Balaban J connectivity index is 2.14. The molecule has 1 aromatic heterocycles. The van der Waals surface area contributed by atoms with Crippen molar-refractivity contribution in [1.82, 2.24) is 14.7 Å². The van der Waals surface area contributed by atoms with Crippen LogP contribution in [0.3, 0.4) is 0 Å². The molecule has 0 N–H and O–H groups in total. The zero-order chi connectivity index (χ0) is 13.8. The van der Waals surface area contributed by atoms with Crippen molar-refractivity contribution in [3.05, 3.63) is 15.9 Å². The number of hydrogen-bond donors (Lipinski definition) is 0. The van der Waals surface area contributed by atoms with Crippen molar-refractivity contribution in [2.45, 2.75) is 39.5 Å². The van der Waals surface area contributed by atoms with Gasteiger partial charge in [0.25, 0.3) is 0 Å². The first-order chi connectivity index (χ1) is 9.19. The summed E-state index contributed by atoms with van der Waals surface area (Å²) in [6.45, 7) is 8.02. The van der Waals surface area contributed by atoms with Crippen molar-refractivity contribution in [3.8, 4) is 6.07 Å².